The molecule has 0 aliphatic heterocycles. The summed E-state index contributed by atoms with van der Waals surface area (Å²) in [4.78, 5) is 21.8. The van der Waals surface area contributed by atoms with Gasteiger partial charge in [-0.3, -0.25) is 4.79 Å². The molecule has 0 saturated heterocycles. The van der Waals surface area contributed by atoms with Gasteiger partial charge in [-0.05, 0) is 30.6 Å². The fourth-order valence-corrected chi connectivity index (χ4v) is 2.08. The van der Waals surface area contributed by atoms with Crippen molar-refractivity contribution in [2.45, 2.75) is 31.8 Å². The Morgan fingerprint density at radius 3 is 2.89 bits per heavy atom. The first-order valence-electron chi connectivity index (χ1n) is 6.13. The van der Waals surface area contributed by atoms with Crippen LogP contribution >= 0.6 is 0 Å². The van der Waals surface area contributed by atoms with Crippen LogP contribution in [0.3, 0.4) is 0 Å². The fourth-order valence-electron chi connectivity index (χ4n) is 2.08. The molecule has 0 radical (unpaired) electrons. The van der Waals surface area contributed by atoms with E-state index in [-0.39, 0.29) is 18.3 Å². The van der Waals surface area contributed by atoms with Gasteiger partial charge in [-0.25, -0.2) is 0 Å². The Morgan fingerprint density at radius 2 is 2.42 bits per heavy atom. The quantitative estimate of drug-likeness (QED) is 0.557. The van der Waals surface area contributed by atoms with Crippen LogP contribution in [0.4, 0.5) is 5.82 Å². The first kappa shape index (κ1) is 13.5. The zero-order chi connectivity index (χ0) is 14.0. The van der Waals surface area contributed by atoms with E-state index in [1.807, 2.05) is 6.92 Å². The van der Waals surface area contributed by atoms with Gasteiger partial charge in [0.1, 0.15) is 6.54 Å². The van der Waals surface area contributed by atoms with Gasteiger partial charge in [-0.15, -0.1) is 0 Å². The van der Waals surface area contributed by atoms with Gasteiger partial charge in [0.05, 0.1) is 22.9 Å². The maximum atomic E-state index is 11.9. The summed E-state index contributed by atoms with van der Waals surface area (Å²) in [6.45, 7) is 2.26. The highest BCUT2D eigenvalue weighted by molar-refractivity contribution is 5.76. The van der Waals surface area contributed by atoms with E-state index in [0.29, 0.717) is 12.5 Å². The highest BCUT2D eigenvalue weighted by Gasteiger charge is 2.41. The third-order valence-electron chi connectivity index (χ3n) is 3.45. The molecule has 1 aliphatic carbocycles. The van der Waals surface area contributed by atoms with Crippen LogP contribution in [-0.4, -0.2) is 32.7 Å². The van der Waals surface area contributed by atoms with Crippen LogP contribution in [0.2, 0.25) is 0 Å². The number of nitrogens with one attached hydrogen (secondary N) is 1. The first-order valence-corrected chi connectivity index (χ1v) is 6.13. The number of carbonyl (C=O) groups excluding carboxylic acids is 1. The molecule has 1 unspecified atom stereocenters. The van der Waals surface area contributed by atoms with Crippen LogP contribution in [0.15, 0.2) is 12.3 Å². The summed E-state index contributed by atoms with van der Waals surface area (Å²) in [7, 11) is 0. The van der Waals surface area contributed by atoms with E-state index in [0.717, 1.165) is 12.8 Å². The van der Waals surface area contributed by atoms with Crippen molar-refractivity contribution in [1.29, 1.82) is 0 Å². The van der Waals surface area contributed by atoms with Crippen molar-refractivity contribution in [3.8, 4) is 0 Å². The Morgan fingerprint density at radius 1 is 1.74 bits per heavy atom. The molecule has 8 nitrogen and oxygen atoms in total. The van der Waals surface area contributed by atoms with Crippen molar-refractivity contribution in [1.82, 2.24) is 15.1 Å². The van der Waals surface area contributed by atoms with E-state index in [2.05, 4.69) is 10.4 Å². The van der Waals surface area contributed by atoms with Crippen LogP contribution < -0.4 is 11.1 Å². The van der Waals surface area contributed by atoms with E-state index in [1.54, 1.807) is 0 Å². The molecule has 1 aromatic heterocycles. The summed E-state index contributed by atoms with van der Waals surface area (Å²) in [6, 6.07) is 1.26. The van der Waals surface area contributed by atoms with Gasteiger partial charge in [-0.1, -0.05) is 0 Å². The molecule has 8 heteroatoms. The molecular weight excluding hydrogens is 250 g/mol. The Labute approximate surface area is 110 Å². The van der Waals surface area contributed by atoms with E-state index in [1.165, 1.54) is 16.9 Å². The van der Waals surface area contributed by atoms with Crippen LogP contribution in [0.1, 0.15) is 19.8 Å². The lowest BCUT2D eigenvalue weighted by Gasteiger charge is -2.29. The minimum Gasteiger partial charge on any atom is -0.358 e. The zero-order valence-electron chi connectivity index (χ0n) is 10.7. The molecule has 2 rings (SSSR count). The number of nitrogens with two attached hydrogens (primary N) is 1. The lowest BCUT2D eigenvalue weighted by molar-refractivity contribution is -0.389. The van der Waals surface area contributed by atoms with Gasteiger partial charge in [0.15, 0.2) is 0 Å². The second kappa shape index (κ2) is 4.96. The molecule has 1 fully saturated rings. The highest BCUT2D eigenvalue weighted by Crippen LogP contribution is 2.38. The number of aromatic nitrogens is 2. The summed E-state index contributed by atoms with van der Waals surface area (Å²) < 4.78 is 1.25. The monoisotopic (exact) mass is 267 g/mol. The third kappa shape index (κ3) is 3.08. The van der Waals surface area contributed by atoms with Crippen LogP contribution in [0.25, 0.3) is 0 Å². The molecule has 104 valence electrons. The zero-order valence-corrected chi connectivity index (χ0v) is 10.7. The lowest BCUT2D eigenvalue weighted by atomic mass is 9.96. The van der Waals surface area contributed by atoms with Crippen molar-refractivity contribution in [2.24, 2.45) is 11.7 Å². The molecule has 1 saturated carbocycles. The predicted octanol–water partition coefficient (Wildman–Crippen LogP) is 0.0349. The van der Waals surface area contributed by atoms with Gasteiger partial charge in [0, 0.05) is 6.54 Å². The minimum absolute atomic E-state index is 0.0455. The Balaban J connectivity index is 1.94. The van der Waals surface area contributed by atoms with Crippen LogP contribution in [0.5, 0.6) is 0 Å². The topological polar surface area (TPSA) is 116 Å². The van der Waals surface area contributed by atoms with Gasteiger partial charge >= 0.3 is 5.82 Å². The van der Waals surface area contributed by atoms with Crippen molar-refractivity contribution in [3.63, 3.8) is 0 Å². The normalized spacial score (nSPS) is 17.8. The molecule has 1 atom stereocenters. The standard InChI is InChI=1S/C11H17N5O3/c1-11(7-12,8-2-3-8)13-10(17)6-15-5-4-9(14-15)16(18)19/h4-5,8H,2-3,6-7,12H2,1H3,(H,13,17). The average molecular weight is 267 g/mol. The maximum Gasteiger partial charge on any atom is 0.389 e. The Kier molecular flexibility index (Phi) is 3.52. The third-order valence-corrected chi connectivity index (χ3v) is 3.45. The SMILES string of the molecule is CC(CN)(NC(=O)Cn1ccc([N+](=O)[O-])n1)C1CC1. The van der Waals surface area contributed by atoms with Gasteiger partial charge in [0.2, 0.25) is 5.91 Å². The summed E-state index contributed by atoms with van der Waals surface area (Å²) in [5.74, 6) is -0.0807. The van der Waals surface area contributed by atoms with Crippen molar-refractivity contribution >= 4 is 11.7 Å². The molecule has 19 heavy (non-hydrogen) atoms. The van der Waals surface area contributed by atoms with Crippen molar-refractivity contribution in [2.75, 3.05) is 6.54 Å². The smallest absolute Gasteiger partial charge is 0.358 e. The summed E-state index contributed by atoms with van der Waals surface area (Å²) in [5, 5.41) is 17.1. The minimum atomic E-state index is -0.595. The number of hydrogen-bond acceptors (Lipinski definition) is 5. The molecule has 0 aromatic carbocycles. The summed E-state index contributed by atoms with van der Waals surface area (Å²) >= 11 is 0. The van der Waals surface area contributed by atoms with E-state index in [9.17, 15) is 14.9 Å². The van der Waals surface area contributed by atoms with Gasteiger partial charge in [-0.2, -0.15) is 4.68 Å². The molecule has 3 N–H and O–H groups in total. The van der Waals surface area contributed by atoms with E-state index >= 15 is 0 Å². The van der Waals surface area contributed by atoms with E-state index < -0.39 is 10.5 Å². The predicted molar refractivity (Wildman–Crippen MR) is 67.2 cm³/mol. The maximum absolute atomic E-state index is 11.9. The average Bonchev–Trinajstić information content (AvgIpc) is 3.10. The molecule has 1 amide bonds. The number of rotatable bonds is 6. The van der Waals surface area contributed by atoms with Crippen molar-refractivity contribution < 1.29 is 9.72 Å². The second-order valence-electron chi connectivity index (χ2n) is 5.07. The number of nitrogens with zero attached hydrogens (tertiary/aromatic N) is 3. The number of nitro groups is 1. The number of hydrogen-bond donors (Lipinski definition) is 2. The first-order chi connectivity index (χ1) is 8.94. The molecule has 0 bridgehead atoms. The molecule has 1 heterocycles. The molecule has 0 spiro atoms. The molecule has 1 aliphatic rings. The second-order valence-corrected chi connectivity index (χ2v) is 5.07. The van der Waals surface area contributed by atoms with E-state index in [4.69, 9.17) is 5.73 Å². The Hall–Kier alpha value is -1.96. The summed E-state index contributed by atoms with van der Waals surface area (Å²) in [5.41, 5.74) is 5.31. The number of carbonyl (C=O) groups is 1. The Bertz CT molecular complexity index is 496. The van der Waals surface area contributed by atoms with Gasteiger partial charge < -0.3 is 21.2 Å². The van der Waals surface area contributed by atoms with Gasteiger partial charge in [0.25, 0.3) is 0 Å². The fraction of sp³-hybridized carbons (Fsp3) is 0.636. The van der Waals surface area contributed by atoms with Crippen LogP contribution in [0, 0.1) is 16.0 Å². The summed E-state index contributed by atoms with van der Waals surface area (Å²) in [6.07, 6.45) is 3.55. The van der Waals surface area contributed by atoms with Crippen molar-refractivity contribution in [3.05, 3.63) is 22.4 Å². The number of amides is 1. The largest absolute Gasteiger partial charge is 0.389 e. The highest BCUT2D eigenvalue weighted by atomic mass is 16.6. The lowest BCUT2D eigenvalue weighted by Crippen LogP contribution is -2.53. The molecular formula is C11H17N5O3. The van der Waals surface area contributed by atoms with Crippen LogP contribution in [-0.2, 0) is 11.3 Å². The molecule has 1 aromatic rings.